The first kappa shape index (κ1) is 12.7. The van der Waals surface area contributed by atoms with Crippen molar-refractivity contribution >= 4 is 5.97 Å². The number of halogens is 1. The highest BCUT2D eigenvalue weighted by Gasteiger charge is 2.29. The van der Waals surface area contributed by atoms with Gasteiger partial charge in [-0.1, -0.05) is 23.4 Å². The smallest absolute Gasteiger partial charge is 0.360 e. The maximum absolute atomic E-state index is 13.7. The minimum Gasteiger partial charge on any atom is -0.464 e. The molecule has 0 radical (unpaired) electrons. The summed E-state index contributed by atoms with van der Waals surface area (Å²) in [7, 11) is 1.28. The Kier molecular flexibility index (Phi) is 3.19. The van der Waals surface area contributed by atoms with E-state index in [1.807, 2.05) is 0 Å². The highest BCUT2D eigenvalue weighted by molar-refractivity contribution is 5.88. The molecular weight excluding hydrogens is 265 g/mol. The Labute approximate surface area is 114 Å². The van der Waals surface area contributed by atoms with Crippen LogP contribution in [0.25, 0.3) is 0 Å². The molecule has 1 unspecified atom stereocenters. The zero-order valence-corrected chi connectivity index (χ0v) is 10.7. The number of benzene rings is 1. The molecule has 0 bridgehead atoms. The van der Waals surface area contributed by atoms with Gasteiger partial charge in [-0.3, -0.25) is 0 Å². The predicted molar refractivity (Wildman–Crippen MR) is 65.3 cm³/mol. The first-order chi connectivity index (χ1) is 9.70. The fourth-order valence-corrected chi connectivity index (χ4v) is 2.19. The van der Waals surface area contributed by atoms with Crippen molar-refractivity contribution in [3.63, 3.8) is 0 Å². The van der Waals surface area contributed by atoms with Gasteiger partial charge in [0.05, 0.1) is 26.0 Å². The average molecular weight is 277 g/mol. The van der Waals surface area contributed by atoms with E-state index in [1.54, 1.807) is 22.9 Å². The van der Waals surface area contributed by atoms with E-state index in [2.05, 4.69) is 15.0 Å². The van der Waals surface area contributed by atoms with Crippen LogP contribution >= 0.6 is 0 Å². The average Bonchev–Trinajstić information content (AvgIpc) is 2.90. The van der Waals surface area contributed by atoms with Crippen LogP contribution in [0.15, 0.2) is 24.3 Å². The normalized spacial score (nSPS) is 17.6. The quantitative estimate of drug-likeness (QED) is 0.778. The van der Waals surface area contributed by atoms with Crippen LogP contribution in [0.3, 0.4) is 0 Å². The molecule has 1 aliphatic heterocycles. The molecule has 2 aromatic rings. The first-order valence-corrected chi connectivity index (χ1v) is 6.07. The molecule has 0 aliphatic carbocycles. The lowest BCUT2D eigenvalue weighted by atomic mass is 10.1. The van der Waals surface area contributed by atoms with Crippen LogP contribution < -0.4 is 0 Å². The van der Waals surface area contributed by atoms with E-state index in [0.29, 0.717) is 17.8 Å². The van der Waals surface area contributed by atoms with Gasteiger partial charge in [-0.15, -0.1) is 5.10 Å². The molecule has 1 atom stereocenters. The van der Waals surface area contributed by atoms with Crippen LogP contribution in [0.2, 0.25) is 0 Å². The van der Waals surface area contributed by atoms with Crippen molar-refractivity contribution < 1.29 is 18.7 Å². The molecule has 20 heavy (non-hydrogen) atoms. The lowest BCUT2D eigenvalue weighted by Crippen LogP contribution is -2.23. The lowest BCUT2D eigenvalue weighted by molar-refractivity contribution is -0.00416. The van der Waals surface area contributed by atoms with Gasteiger partial charge in [0, 0.05) is 5.56 Å². The zero-order chi connectivity index (χ0) is 14.1. The summed E-state index contributed by atoms with van der Waals surface area (Å²) in [5.41, 5.74) is 1.15. The van der Waals surface area contributed by atoms with Gasteiger partial charge in [-0.25, -0.2) is 13.9 Å². The molecule has 0 spiro atoms. The molecule has 7 heteroatoms. The number of esters is 1. The summed E-state index contributed by atoms with van der Waals surface area (Å²) in [5, 5.41) is 7.68. The van der Waals surface area contributed by atoms with Crippen molar-refractivity contribution in [2.45, 2.75) is 19.3 Å². The second-order valence-electron chi connectivity index (χ2n) is 4.38. The van der Waals surface area contributed by atoms with Gasteiger partial charge in [0.15, 0.2) is 5.69 Å². The second kappa shape index (κ2) is 5.01. The highest BCUT2D eigenvalue weighted by Crippen LogP contribution is 2.28. The largest absolute Gasteiger partial charge is 0.464 e. The number of hydrogen-bond acceptors (Lipinski definition) is 5. The number of nitrogens with zero attached hydrogens (tertiary/aromatic N) is 3. The van der Waals surface area contributed by atoms with Gasteiger partial charge in [-0.2, -0.15) is 0 Å². The molecule has 1 aromatic carbocycles. The number of carbonyl (C=O) groups is 1. The Morgan fingerprint density at radius 3 is 3.05 bits per heavy atom. The van der Waals surface area contributed by atoms with Crippen molar-refractivity contribution in [1.29, 1.82) is 0 Å². The molecule has 104 valence electrons. The molecule has 0 amide bonds. The minimum absolute atomic E-state index is 0.135. The monoisotopic (exact) mass is 277 g/mol. The Morgan fingerprint density at radius 2 is 2.30 bits per heavy atom. The Morgan fingerprint density at radius 1 is 1.50 bits per heavy atom. The van der Waals surface area contributed by atoms with Crippen LogP contribution in [-0.2, 0) is 22.6 Å². The third-order valence-corrected chi connectivity index (χ3v) is 3.23. The number of aromatic nitrogens is 3. The molecule has 2 heterocycles. The molecule has 3 rings (SSSR count). The topological polar surface area (TPSA) is 66.2 Å². The van der Waals surface area contributed by atoms with E-state index < -0.39 is 12.1 Å². The fourth-order valence-electron chi connectivity index (χ4n) is 2.19. The number of rotatable bonds is 2. The summed E-state index contributed by atoms with van der Waals surface area (Å²) in [6.45, 7) is 0.441. The van der Waals surface area contributed by atoms with Crippen molar-refractivity contribution in [1.82, 2.24) is 15.0 Å². The van der Waals surface area contributed by atoms with Crippen molar-refractivity contribution in [2.24, 2.45) is 0 Å². The van der Waals surface area contributed by atoms with Gasteiger partial charge in [0.2, 0.25) is 0 Å². The van der Waals surface area contributed by atoms with Crippen molar-refractivity contribution in [2.75, 3.05) is 7.11 Å². The maximum Gasteiger partial charge on any atom is 0.360 e. The minimum atomic E-state index is -0.556. The van der Waals surface area contributed by atoms with Crippen LogP contribution in [0.4, 0.5) is 4.39 Å². The second-order valence-corrected chi connectivity index (χ2v) is 4.38. The molecule has 0 saturated carbocycles. The molecule has 0 saturated heterocycles. The molecule has 1 aromatic heterocycles. The molecule has 6 nitrogen and oxygen atoms in total. The maximum atomic E-state index is 13.7. The Hall–Kier alpha value is -2.28. The predicted octanol–water partition coefficient (Wildman–Crippen LogP) is 1.48. The highest BCUT2D eigenvalue weighted by atomic mass is 19.1. The summed E-state index contributed by atoms with van der Waals surface area (Å²) in [6.07, 6.45) is -0.448. The Bertz CT molecular complexity index is 656. The standard InChI is InChI=1S/C13H12FN3O3/c1-19-13(18)12-10-7-20-11(6-17(10)16-15-12)8-4-2-3-5-9(8)14/h2-5,11H,6-7H2,1H3. The van der Waals surface area contributed by atoms with Crippen LogP contribution in [0, 0.1) is 5.82 Å². The van der Waals surface area contributed by atoms with Gasteiger partial charge < -0.3 is 9.47 Å². The van der Waals surface area contributed by atoms with E-state index in [-0.39, 0.29) is 18.1 Å². The number of fused-ring (bicyclic) bond motifs is 1. The lowest BCUT2D eigenvalue weighted by Gasteiger charge is -2.24. The number of carbonyl (C=O) groups excluding carboxylic acids is 1. The van der Waals surface area contributed by atoms with E-state index >= 15 is 0 Å². The van der Waals surface area contributed by atoms with Crippen molar-refractivity contribution in [3.05, 3.63) is 47.0 Å². The van der Waals surface area contributed by atoms with Gasteiger partial charge in [-0.05, 0) is 6.07 Å². The third-order valence-electron chi connectivity index (χ3n) is 3.23. The summed E-state index contributed by atoms with van der Waals surface area (Å²) in [5.74, 6) is -0.881. The van der Waals surface area contributed by atoms with E-state index in [1.165, 1.54) is 13.2 Å². The summed E-state index contributed by atoms with van der Waals surface area (Å²) in [6, 6.07) is 6.43. The van der Waals surface area contributed by atoms with Gasteiger partial charge >= 0.3 is 5.97 Å². The van der Waals surface area contributed by atoms with E-state index in [4.69, 9.17) is 4.74 Å². The molecule has 0 N–H and O–H groups in total. The number of methoxy groups -OCH3 is 1. The first-order valence-electron chi connectivity index (χ1n) is 6.07. The molecule has 0 fully saturated rings. The van der Waals surface area contributed by atoms with E-state index in [0.717, 1.165) is 0 Å². The fraction of sp³-hybridized carbons (Fsp3) is 0.308. The number of ether oxygens (including phenoxy) is 2. The molecule has 1 aliphatic rings. The zero-order valence-electron chi connectivity index (χ0n) is 10.7. The Balaban J connectivity index is 1.89. The summed E-state index contributed by atoms with van der Waals surface area (Å²) >= 11 is 0. The van der Waals surface area contributed by atoms with Crippen molar-refractivity contribution in [3.8, 4) is 0 Å². The third kappa shape index (κ3) is 2.05. The van der Waals surface area contributed by atoms with Crippen LogP contribution in [0.1, 0.15) is 27.8 Å². The van der Waals surface area contributed by atoms with Gasteiger partial charge in [0.25, 0.3) is 0 Å². The van der Waals surface area contributed by atoms with Crippen LogP contribution in [0.5, 0.6) is 0 Å². The van der Waals surface area contributed by atoms with Crippen LogP contribution in [-0.4, -0.2) is 28.1 Å². The summed E-state index contributed by atoms with van der Waals surface area (Å²) in [4.78, 5) is 11.5. The summed E-state index contributed by atoms with van der Waals surface area (Å²) < 4.78 is 25.5. The SMILES string of the molecule is COC(=O)c1nnn2c1COC(c1ccccc1F)C2. The van der Waals surface area contributed by atoms with Gasteiger partial charge in [0.1, 0.15) is 11.9 Å². The number of hydrogen-bond donors (Lipinski definition) is 0. The molecular formula is C13H12FN3O3. The van der Waals surface area contributed by atoms with E-state index in [9.17, 15) is 9.18 Å².